The van der Waals surface area contributed by atoms with Gasteiger partial charge < -0.3 is 10.5 Å². The molecule has 2 aromatic rings. The lowest BCUT2D eigenvalue weighted by Gasteiger charge is -2.20. The highest BCUT2D eigenvalue weighted by atomic mass is 32.1. The van der Waals surface area contributed by atoms with Gasteiger partial charge in [0.05, 0.1) is 12.3 Å². The molecule has 0 atom stereocenters. The summed E-state index contributed by atoms with van der Waals surface area (Å²) in [5, 5.41) is 1.94. The molecular weight excluding hydrogens is 326 g/mol. The number of carbonyl (C=O) groups excluding carboxylic acids is 2. The zero-order chi connectivity index (χ0) is 17.3. The van der Waals surface area contributed by atoms with Gasteiger partial charge in [0, 0.05) is 5.38 Å². The lowest BCUT2D eigenvalue weighted by atomic mass is 10.1. The van der Waals surface area contributed by atoms with Gasteiger partial charge in [0.1, 0.15) is 0 Å². The summed E-state index contributed by atoms with van der Waals surface area (Å²) in [6.45, 7) is 3.92. The van der Waals surface area contributed by atoms with Gasteiger partial charge in [0.15, 0.2) is 10.8 Å². The van der Waals surface area contributed by atoms with Crippen molar-refractivity contribution < 1.29 is 14.3 Å². The summed E-state index contributed by atoms with van der Waals surface area (Å²) in [6.07, 6.45) is 2.34. The molecule has 1 aliphatic rings. The SMILES string of the molecule is CCOC(=O)c1csc(N(C(N)=O)c2cc(C3CC3)ccc2C)n1. The molecule has 0 bridgehead atoms. The van der Waals surface area contributed by atoms with E-state index in [9.17, 15) is 9.59 Å². The number of urea groups is 1. The van der Waals surface area contributed by atoms with Gasteiger partial charge in [0.25, 0.3) is 0 Å². The second-order valence-electron chi connectivity index (χ2n) is 5.73. The Kier molecular flexibility index (Phi) is 4.53. The number of esters is 1. The van der Waals surface area contributed by atoms with Crippen LogP contribution in [0.5, 0.6) is 0 Å². The normalized spacial score (nSPS) is 13.6. The summed E-state index contributed by atoms with van der Waals surface area (Å²) in [5.41, 5.74) is 8.60. The average molecular weight is 345 g/mol. The topological polar surface area (TPSA) is 85.5 Å². The Morgan fingerprint density at radius 3 is 2.79 bits per heavy atom. The van der Waals surface area contributed by atoms with Gasteiger partial charge >= 0.3 is 12.0 Å². The van der Waals surface area contributed by atoms with Crippen LogP contribution in [0, 0.1) is 6.92 Å². The average Bonchev–Trinajstić information content (AvgIpc) is 3.28. The predicted molar refractivity (Wildman–Crippen MR) is 92.9 cm³/mol. The number of aryl methyl sites for hydroxylation is 1. The van der Waals surface area contributed by atoms with Crippen molar-refractivity contribution in [1.82, 2.24) is 4.98 Å². The summed E-state index contributed by atoms with van der Waals surface area (Å²) in [4.78, 5) is 29.4. The van der Waals surface area contributed by atoms with Gasteiger partial charge in [-0.25, -0.2) is 19.5 Å². The number of amides is 2. The molecule has 0 unspecified atom stereocenters. The number of ether oxygens (including phenoxy) is 1. The van der Waals surface area contributed by atoms with Crippen LogP contribution in [0.4, 0.5) is 15.6 Å². The predicted octanol–water partition coefficient (Wildman–Crippen LogP) is 3.72. The maximum atomic E-state index is 12.1. The number of nitrogens with two attached hydrogens (primary N) is 1. The first kappa shape index (κ1) is 16.4. The lowest BCUT2D eigenvalue weighted by molar-refractivity contribution is 0.0520. The highest BCUT2D eigenvalue weighted by Crippen LogP contribution is 2.42. The van der Waals surface area contributed by atoms with Crippen molar-refractivity contribution in [2.75, 3.05) is 11.5 Å². The molecule has 0 radical (unpaired) electrons. The van der Waals surface area contributed by atoms with Crippen LogP contribution in [-0.2, 0) is 4.74 Å². The monoisotopic (exact) mass is 345 g/mol. The van der Waals surface area contributed by atoms with Crippen LogP contribution in [-0.4, -0.2) is 23.6 Å². The summed E-state index contributed by atoms with van der Waals surface area (Å²) < 4.78 is 4.94. The van der Waals surface area contributed by atoms with Gasteiger partial charge in [-0.2, -0.15) is 0 Å². The summed E-state index contributed by atoms with van der Waals surface area (Å²) in [7, 11) is 0. The highest BCUT2D eigenvalue weighted by Gasteiger charge is 2.27. The van der Waals surface area contributed by atoms with Crippen molar-refractivity contribution >= 4 is 34.2 Å². The Labute approximate surface area is 144 Å². The van der Waals surface area contributed by atoms with Crippen LogP contribution >= 0.6 is 11.3 Å². The molecule has 1 aromatic heterocycles. The standard InChI is InChI=1S/C17H19N3O3S/c1-3-23-15(21)13-9-24-17(19-13)20(16(18)22)14-8-12(11-6-7-11)5-4-10(14)2/h4-5,8-9,11H,3,6-7H2,1-2H3,(H2,18,22). The smallest absolute Gasteiger partial charge is 0.357 e. The minimum atomic E-state index is -0.629. The Morgan fingerprint density at radius 2 is 2.17 bits per heavy atom. The van der Waals surface area contributed by atoms with E-state index in [4.69, 9.17) is 10.5 Å². The van der Waals surface area contributed by atoms with E-state index in [1.54, 1.807) is 12.3 Å². The third-order valence-corrected chi connectivity index (χ3v) is 4.74. The Bertz CT molecular complexity index is 783. The van der Waals surface area contributed by atoms with E-state index in [2.05, 4.69) is 11.1 Å². The zero-order valence-electron chi connectivity index (χ0n) is 13.6. The maximum absolute atomic E-state index is 12.1. The fourth-order valence-corrected chi connectivity index (χ4v) is 3.33. The van der Waals surface area contributed by atoms with Gasteiger partial charge in [0.2, 0.25) is 0 Å². The minimum absolute atomic E-state index is 0.180. The highest BCUT2D eigenvalue weighted by molar-refractivity contribution is 7.14. The molecule has 1 aliphatic carbocycles. The number of hydrogen-bond acceptors (Lipinski definition) is 5. The van der Waals surface area contributed by atoms with Crippen molar-refractivity contribution in [3.63, 3.8) is 0 Å². The molecular formula is C17H19N3O3S. The van der Waals surface area contributed by atoms with Gasteiger partial charge in [-0.3, -0.25) is 0 Å². The second kappa shape index (κ2) is 6.60. The number of thiazole rings is 1. The minimum Gasteiger partial charge on any atom is -0.461 e. The molecule has 2 amide bonds. The van der Waals surface area contributed by atoms with Crippen molar-refractivity contribution in [3.8, 4) is 0 Å². The third-order valence-electron chi connectivity index (χ3n) is 3.91. The van der Waals surface area contributed by atoms with E-state index in [1.165, 1.54) is 34.6 Å². The molecule has 6 nitrogen and oxygen atoms in total. The van der Waals surface area contributed by atoms with E-state index in [0.29, 0.717) is 16.7 Å². The number of aromatic nitrogens is 1. The maximum Gasteiger partial charge on any atom is 0.357 e. The van der Waals surface area contributed by atoms with E-state index in [1.807, 2.05) is 19.1 Å². The van der Waals surface area contributed by atoms with Crippen molar-refractivity contribution in [1.29, 1.82) is 0 Å². The Hall–Kier alpha value is -2.41. The quantitative estimate of drug-likeness (QED) is 0.837. The first-order valence-corrected chi connectivity index (χ1v) is 8.72. The van der Waals surface area contributed by atoms with E-state index in [-0.39, 0.29) is 12.3 Å². The lowest BCUT2D eigenvalue weighted by Crippen LogP contribution is -2.32. The number of primary amides is 1. The summed E-state index contributed by atoms with van der Waals surface area (Å²) >= 11 is 1.19. The molecule has 0 spiro atoms. The van der Waals surface area contributed by atoms with Crippen molar-refractivity contribution in [3.05, 3.63) is 40.4 Å². The molecule has 126 valence electrons. The van der Waals surface area contributed by atoms with Crippen molar-refractivity contribution in [2.24, 2.45) is 5.73 Å². The molecule has 7 heteroatoms. The van der Waals surface area contributed by atoms with Crippen molar-refractivity contribution in [2.45, 2.75) is 32.6 Å². The summed E-state index contributed by atoms with van der Waals surface area (Å²) in [6, 6.07) is 5.43. The number of rotatable bonds is 5. The molecule has 1 heterocycles. The number of hydrogen-bond donors (Lipinski definition) is 1. The molecule has 1 fully saturated rings. The van der Waals surface area contributed by atoms with Crippen LogP contribution in [0.25, 0.3) is 0 Å². The number of nitrogens with zero attached hydrogens (tertiary/aromatic N) is 2. The molecule has 2 N–H and O–H groups in total. The second-order valence-corrected chi connectivity index (χ2v) is 6.57. The van der Waals surface area contributed by atoms with Gasteiger partial charge in [-0.05, 0) is 49.8 Å². The van der Waals surface area contributed by atoms with E-state index >= 15 is 0 Å². The number of anilines is 2. The Balaban J connectivity index is 1.97. The first-order valence-electron chi connectivity index (χ1n) is 7.84. The molecule has 0 saturated heterocycles. The molecule has 1 saturated carbocycles. The van der Waals surface area contributed by atoms with E-state index in [0.717, 1.165) is 5.56 Å². The number of benzene rings is 1. The zero-order valence-corrected chi connectivity index (χ0v) is 14.4. The molecule has 3 rings (SSSR count). The van der Waals surface area contributed by atoms with Crippen LogP contribution in [0.3, 0.4) is 0 Å². The molecule has 24 heavy (non-hydrogen) atoms. The molecule has 0 aliphatic heterocycles. The largest absolute Gasteiger partial charge is 0.461 e. The molecule has 1 aromatic carbocycles. The van der Waals surface area contributed by atoms with E-state index < -0.39 is 12.0 Å². The summed E-state index contributed by atoms with van der Waals surface area (Å²) in [5.74, 6) is 0.0540. The Morgan fingerprint density at radius 1 is 1.42 bits per heavy atom. The fraction of sp³-hybridized carbons (Fsp3) is 0.353. The van der Waals surface area contributed by atoms with Gasteiger partial charge in [-0.1, -0.05) is 12.1 Å². The van der Waals surface area contributed by atoms with Crippen LogP contribution in [0.1, 0.15) is 47.3 Å². The van der Waals surface area contributed by atoms with Crippen LogP contribution < -0.4 is 10.6 Å². The van der Waals surface area contributed by atoms with Gasteiger partial charge in [-0.15, -0.1) is 11.3 Å². The fourth-order valence-electron chi connectivity index (χ4n) is 2.52. The van der Waals surface area contributed by atoms with Crippen LogP contribution in [0.2, 0.25) is 0 Å². The third kappa shape index (κ3) is 3.26. The number of carbonyl (C=O) groups is 2. The first-order chi connectivity index (χ1) is 11.5. The van der Waals surface area contributed by atoms with Crippen LogP contribution in [0.15, 0.2) is 23.6 Å².